The van der Waals surface area contributed by atoms with E-state index >= 15 is 0 Å². The van der Waals surface area contributed by atoms with Gasteiger partial charge in [0.05, 0.1) is 0 Å². The van der Waals surface area contributed by atoms with Crippen LogP contribution >= 0.6 is 12.2 Å². The van der Waals surface area contributed by atoms with E-state index in [0.717, 1.165) is 17.6 Å². The van der Waals surface area contributed by atoms with E-state index in [1.807, 2.05) is 13.0 Å². The summed E-state index contributed by atoms with van der Waals surface area (Å²) < 4.78 is 0. The van der Waals surface area contributed by atoms with Gasteiger partial charge in [-0.3, -0.25) is 0 Å². The molecule has 1 aliphatic rings. The molecule has 104 valence electrons. The molecule has 2 rings (SSSR count). The third-order valence-corrected chi connectivity index (χ3v) is 4.08. The number of hydrogen-bond acceptors (Lipinski definition) is 4. The Kier molecular flexibility index (Phi) is 4.34. The Labute approximate surface area is 120 Å². The van der Waals surface area contributed by atoms with Crippen LogP contribution < -0.4 is 10.6 Å². The van der Waals surface area contributed by atoms with Crippen LogP contribution in [0.15, 0.2) is 6.07 Å². The lowest BCUT2D eigenvalue weighted by atomic mass is 9.86. The molecule has 19 heavy (non-hydrogen) atoms. The van der Waals surface area contributed by atoms with Crippen molar-refractivity contribution >= 4 is 23.2 Å². The highest BCUT2D eigenvalue weighted by atomic mass is 32.1. The number of nitrogens with zero attached hydrogens (tertiary/aromatic N) is 3. The number of hydrogen-bond donors (Lipinski definition) is 1. The Morgan fingerprint density at radius 2 is 2.16 bits per heavy atom. The maximum Gasteiger partial charge on any atom is 0.226 e. The molecular weight excluding hydrogens is 256 g/mol. The summed E-state index contributed by atoms with van der Waals surface area (Å²) in [5.74, 6) is 1.52. The second-order valence-corrected chi connectivity index (χ2v) is 6.04. The summed E-state index contributed by atoms with van der Waals surface area (Å²) >= 11 is 5.01. The minimum Gasteiger partial charge on any atom is -0.388 e. The van der Waals surface area contributed by atoms with Crippen LogP contribution in [0.5, 0.6) is 0 Å². The molecule has 0 spiro atoms. The summed E-state index contributed by atoms with van der Waals surface area (Å²) in [5.41, 5.74) is 7.24. The average Bonchev–Trinajstić information content (AvgIpc) is 2.37. The summed E-state index contributed by atoms with van der Waals surface area (Å²) in [5, 5.41) is 0. The predicted octanol–water partition coefficient (Wildman–Crippen LogP) is 2.43. The smallest absolute Gasteiger partial charge is 0.226 e. The molecule has 0 bridgehead atoms. The van der Waals surface area contributed by atoms with Gasteiger partial charge in [-0.05, 0) is 31.7 Å². The highest BCUT2D eigenvalue weighted by molar-refractivity contribution is 7.80. The Morgan fingerprint density at radius 3 is 2.79 bits per heavy atom. The number of thiocarbonyl (C=S) groups is 1. The fraction of sp³-hybridized carbons (Fsp3) is 0.643. The lowest BCUT2D eigenvalue weighted by Crippen LogP contribution is -2.37. The monoisotopic (exact) mass is 278 g/mol. The first-order chi connectivity index (χ1) is 8.97. The van der Waals surface area contributed by atoms with Crippen molar-refractivity contribution in [2.24, 2.45) is 11.7 Å². The van der Waals surface area contributed by atoms with Crippen LogP contribution in [0.2, 0.25) is 0 Å². The Balaban J connectivity index is 2.22. The zero-order valence-corrected chi connectivity index (χ0v) is 12.7. The molecule has 0 saturated heterocycles. The van der Waals surface area contributed by atoms with Crippen LogP contribution in [0.3, 0.4) is 0 Å². The first-order valence-electron chi connectivity index (χ1n) is 6.85. The van der Waals surface area contributed by atoms with Crippen molar-refractivity contribution in [3.05, 3.63) is 17.5 Å². The number of aryl methyl sites for hydroxylation is 1. The van der Waals surface area contributed by atoms with Gasteiger partial charge in [0.25, 0.3) is 0 Å². The second kappa shape index (κ2) is 5.82. The molecule has 2 atom stereocenters. The van der Waals surface area contributed by atoms with E-state index in [9.17, 15) is 0 Å². The lowest BCUT2D eigenvalue weighted by molar-refractivity contribution is 0.334. The van der Waals surface area contributed by atoms with Crippen LogP contribution in [0, 0.1) is 12.8 Å². The summed E-state index contributed by atoms with van der Waals surface area (Å²) in [4.78, 5) is 11.5. The molecular formula is C14H22N4S. The summed E-state index contributed by atoms with van der Waals surface area (Å²) in [6.07, 6.45) is 5.03. The van der Waals surface area contributed by atoms with Crippen molar-refractivity contribution in [2.75, 3.05) is 11.9 Å². The van der Waals surface area contributed by atoms with Crippen LogP contribution in [0.25, 0.3) is 0 Å². The molecule has 0 aliphatic heterocycles. The highest BCUT2D eigenvalue weighted by Gasteiger charge is 2.24. The molecule has 5 heteroatoms. The first-order valence-corrected chi connectivity index (χ1v) is 7.26. The lowest BCUT2D eigenvalue weighted by Gasteiger charge is -2.34. The van der Waals surface area contributed by atoms with Crippen molar-refractivity contribution in [3.8, 4) is 0 Å². The van der Waals surface area contributed by atoms with Crippen molar-refractivity contribution < 1.29 is 0 Å². The van der Waals surface area contributed by atoms with Gasteiger partial charge in [-0.25, -0.2) is 9.97 Å². The summed E-state index contributed by atoms with van der Waals surface area (Å²) in [6.45, 7) is 4.27. The Morgan fingerprint density at radius 1 is 1.42 bits per heavy atom. The molecule has 1 heterocycles. The van der Waals surface area contributed by atoms with Gasteiger partial charge in [0.2, 0.25) is 5.95 Å². The molecule has 0 radical (unpaired) electrons. The molecule has 1 aliphatic carbocycles. The molecule has 1 saturated carbocycles. The van der Waals surface area contributed by atoms with Gasteiger partial charge < -0.3 is 10.6 Å². The van der Waals surface area contributed by atoms with Crippen LogP contribution in [-0.4, -0.2) is 28.0 Å². The van der Waals surface area contributed by atoms with Gasteiger partial charge in [-0.2, -0.15) is 0 Å². The van der Waals surface area contributed by atoms with Gasteiger partial charge >= 0.3 is 0 Å². The predicted molar refractivity (Wildman–Crippen MR) is 82.5 cm³/mol. The molecule has 1 aromatic heterocycles. The first kappa shape index (κ1) is 14.2. The number of anilines is 1. The molecule has 0 aromatic carbocycles. The highest BCUT2D eigenvalue weighted by Crippen LogP contribution is 2.28. The van der Waals surface area contributed by atoms with Gasteiger partial charge in [0, 0.05) is 18.8 Å². The van der Waals surface area contributed by atoms with Crippen molar-refractivity contribution in [2.45, 2.75) is 45.6 Å². The SMILES string of the molecule is Cc1cc(C(N)=S)nc(N(C)C2CCCC(C)C2)n1. The number of nitrogens with two attached hydrogens (primary N) is 1. The third-order valence-electron chi connectivity index (χ3n) is 3.87. The molecule has 1 aromatic rings. The Bertz CT molecular complexity index is 475. The van der Waals surface area contributed by atoms with Gasteiger partial charge in [-0.15, -0.1) is 0 Å². The fourth-order valence-electron chi connectivity index (χ4n) is 2.75. The van der Waals surface area contributed by atoms with Gasteiger partial charge in [-0.1, -0.05) is 32.0 Å². The standard InChI is InChI=1S/C14H22N4S/c1-9-5-4-6-11(7-9)18(3)14-16-10(2)8-12(17-14)13(15)19/h8-9,11H,4-7H2,1-3H3,(H2,15,19). The minimum absolute atomic E-state index is 0.331. The minimum atomic E-state index is 0.331. The third kappa shape index (κ3) is 3.41. The zero-order valence-electron chi connectivity index (χ0n) is 11.9. The normalized spacial score (nSPS) is 23.1. The maximum absolute atomic E-state index is 5.67. The molecule has 0 amide bonds. The summed E-state index contributed by atoms with van der Waals surface area (Å²) in [7, 11) is 2.07. The van der Waals surface area contributed by atoms with Crippen molar-refractivity contribution in [1.82, 2.24) is 9.97 Å². The van der Waals surface area contributed by atoms with E-state index in [1.165, 1.54) is 25.7 Å². The van der Waals surface area contributed by atoms with E-state index in [-0.39, 0.29) is 0 Å². The van der Waals surface area contributed by atoms with E-state index in [1.54, 1.807) is 0 Å². The largest absolute Gasteiger partial charge is 0.388 e. The Hall–Kier alpha value is -1.23. The molecule has 4 nitrogen and oxygen atoms in total. The van der Waals surface area contributed by atoms with Crippen LogP contribution in [0.1, 0.15) is 44.0 Å². The second-order valence-electron chi connectivity index (χ2n) is 5.60. The average molecular weight is 278 g/mol. The molecule has 1 fully saturated rings. The summed E-state index contributed by atoms with van der Waals surface area (Å²) in [6, 6.07) is 2.35. The van der Waals surface area contributed by atoms with Crippen molar-refractivity contribution in [3.63, 3.8) is 0 Å². The van der Waals surface area contributed by atoms with Crippen LogP contribution in [0.4, 0.5) is 5.95 Å². The van der Waals surface area contributed by atoms with E-state index < -0.39 is 0 Å². The van der Waals surface area contributed by atoms with Gasteiger partial charge in [0.1, 0.15) is 10.7 Å². The van der Waals surface area contributed by atoms with E-state index in [2.05, 4.69) is 28.8 Å². The van der Waals surface area contributed by atoms with E-state index in [4.69, 9.17) is 18.0 Å². The van der Waals surface area contributed by atoms with Crippen LogP contribution in [-0.2, 0) is 0 Å². The van der Waals surface area contributed by atoms with Crippen molar-refractivity contribution in [1.29, 1.82) is 0 Å². The number of aromatic nitrogens is 2. The zero-order chi connectivity index (χ0) is 14.0. The van der Waals surface area contributed by atoms with Gasteiger partial charge in [0.15, 0.2) is 0 Å². The fourth-order valence-corrected chi connectivity index (χ4v) is 2.86. The molecule has 2 N–H and O–H groups in total. The topological polar surface area (TPSA) is 55.0 Å². The quantitative estimate of drug-likeness (QED) is 0.861. The number of rotatable bonds is 3. The molecule has 2 unspecified atom stereocenters. The van der Waals surface area contributed by atoms with E-state index in [0.29, 0.717) is 16.7 Å². The maximum atomic E-state index is 5.67.